The molecule has 0 saturated carbocycles. The van der Waals surface area contributed by atoms with Crippen LogP contribution < -0.4 is 10.1 Å². The Bertz CT molecular complexity index is 1080. The third kappa shape index (κ3) is 3.35. The first-order valence-corrected chi connectivity index (χ1v) is 8.32. The normalized spacial score (nSPS) is 11.3. The van der Waals surface area contributed by atoms with Crippen LogP contribution >= 0.6 is 0 Å². The fourth-order valence-electron chi connectivity index (χ4n) is 2.84. The van der Waals surface area contributed by atoms with E-state index in [2.05, 4.69) is 15.5 Å². The van der Waals surface area contributed by atoms with Gasteiger partial charge < -0.3 is 18.9 Å². The first-order chi connectivity index (χ1) is 13.3. The Kier molecular flexibility index (Phi) is 4.49. The second kappa shape index (κ2) is 7.25. The highest BCUT2D eigenvalue weighted by atomic mass is 16.5. The van der Waals surface area contributed by atoms with E-state index in [0.29, 0.717) is 29.3 Å². The minimum absolute atomic E-state index is 0.254. The highest BCUT2D eigenvalue weighted by Gasteiger charge is 2.19. The van der Waals surface area contributed by atoms with E-state index in [1.165, 1.54) is 7.11 Å². The molecule has 136 valence electrons. The van der Waals surface area contributed by atoms with E-state index in [-0.39, 0.29) is 5.91 Å². The molecule has 0 aliphatic carbocycles. The summed E-state index contributed by atoms with van der Waals surface area (Å²) < 4.78 is 15.9. The quantitative estimate of drug-likeness (QED) is 0.543. The molecule has 7 nitrogen and oxygen atoms in total. The molecule has 0 spiro atoms. The standard InChI is InChI=1S/C20H17N3O4/c1-25-19-15(20(24)21-11-14-3-2-9-27-14)5-7-17-18(19)16(22-23-17)6-4-13-8-10-26-12-13/h2-10,12H,11H2,1H3,(H,21,24)(H,22,23)/b6-4+. The number of methoxy groups -OCH3 is 1. The fourth-order valence-corrected chi connectivity index (χ4v) is 2.84. The number of nitrogens with one attached hydrogen (secondary N) is 2. The molecule has 1 aromatic carbocycles. The van der Waals surface area contributed by atoms with Crippen molar-refractivity contribution in [2.45, 2.75) is 6.54 Å². The van der Waals surface area contributed by atoms with Crippen molar-refractivity contribution in [1.29, 1.82) is 0 Å². The number of rotatable bonds is 6. The number of nitrogens with zero attached hydrogens (tertiary/aromatic N) is 1. The van der Waals surface area contributed by atoms with Gasteiger partial charge in [-0.1, -0.05) is 0 Å². The van der Waals surface area contributed by atoms with E-state index in [0.717, 1.165) is 16.5 Å². The molecule has 0 unspecified atom stereocenters. The van der Waals surface area contributed by atoms with Gasteiger partial charge in [-0.2, -0.15) is 5.10 Å². The van der Waals surface area contributed by atoms with Crippen LogP contribution in [-0.4, -0.2) is 23.2 Å². The third-order valence-electron chi connectivity index (χ3n) is 4.14. The molecular formula is C20H17N3O4. The average molecular weight is 363 g/mol. The second-order valence-corrected chi connectivity index (χ2v) is 5.83. The Morgan fingerprint density at radius 1 is 1.26 bits per heavy atom. The van der Waals surface area contributed by atoms with E-state index in [1.807, 2.05) is 24.3 Å². The van der Waals surface area contributed by atoms with Gasteiger partial charge in [-0.25, -0.2) is 0 Å². The number of benzene rings is 1. The van der Waals surface area contributed by atoms with Gasteiger partial charge in [0.2, 0.25) is 0 Å². The van der Waals surface area contributed by atoms with Crippen LogP contribution in [0.4, 0.5) is 0 Å². The minimum atomic E-state index is -0.254. The van der Waals surface area contributed by atoms with Crippen LogP contribution in [0.5, 0.6) is 5.75 Å². The molecule has 0 radical (unpaired) electrons. The van der Waals surface area contributed by atoms with Crippen molar-refractivity contribution in [2.75, 3.05) is 7.11 Å². The van der Waals surface area contributed by atoms with Gasteiger partial charge in [0.15, 0.2) is 0 Å². The predicted octanol–water partition coefficient (Wildman–Crippen LogP) is 3.86. The van der Waals surface area contributed by atoms with Gasteiger partial charge in [0.05, 0.1) is 54.6 Å². The molecule has 1 amide bonds. The first kappa shape index (κ1) is 16.7. The minimum Gasteiger partial charge on any atom is -0.495 e. The van der Waals surface area contributed by atoms with Crippen molar-refractivity contribution >= 4 is 29.0 Å². The average Bonchev–Trinajstić information content (AvgIpc) is 3.45. The van der Waals surface area contributed by atoms with E-state index in [4.69, 9.17) is 13.6 Å². The van der Waals surface area contributed by atoms with E-state index < -0.39 is 0 Å². The lowest BCUT2D eigenvalue weighted by atomic mass is 10.1. The zero-order valence-electron chi connectivity index (χ0n) is 14.6. The molecule has 0 aliphatic rings. The molecule has 3 heterocycles. The molecule has 0 saturated heterocycles. The number of carbonyl (C=O) groups excluding carboxylic acids is 1. The summed E-state index contributed by atoms with van der Waals surface area (Å²) in [4.78, 5) is 12.6. The maximum absolute atomic E-state index is 12.6. The molecular weight excluding hydrogens is 346 g/mol. The molecule has 0 fully saturated rings. The Balaban J connectivity index is 1.67. The number of ether oxygens (including phenoxy) is 1. The van der Waals surface area contributed by atoms with Gasteiger partial charge >= 0.3 is 0 Å². The largest absolute Gasteiger partial charge is 0.495 e. The predicted molar refractivity (Wildman–Crippen MR) is 100 cm³/mol. The van der Waals surface area contributed by atoms with Crippen LogP contribution in [0.1, 0.15) is 27.4 Å². The summed E-state index contributed by atoms with van der Waals surface area (Å²) in [6.45, 7) is 0.297. The Hall–Kier alpha value is -3.74. The molecule has 4 aromatic rings. The SMILES string of the molecule is COc1c(C(=O)NCc2ccco2)ccc2[nH]nc(/C=C/c3ccoc3)c12. The van der Waals surface area contributed by atoms with Crippen molar-refractivity contribution in [3.05, 3.63) is 71.7 Å². The molecule has 0 aliphatic heterocycles. The van der Waals surface area contributed by atoms with Crippen LogP contribution in [0.25, 0.3) is 23.1 Å². The monoisotopic (exact) mass is 363 g/mol. The lowest BCUT2D eigenvalue weighted by Crippen LogP contribution is -2.23. The van der Waals surface area contributed by atoms with Crippen LogP contribution in [-0.2, 0) is 6.54 Å². The van der Waals surface area contributed by atoms with Crippen LogP contribution in [0.15, 0.2) is 58.0 Å². The van der Waals surface area contributed by atoms with Crippen molar-refractivity contribution < 1.29 is 18.4 Å². The van der Waals surface area contributed by atoms with Gasteiger partial charge in [0.25, 0.3) is 5.91 Å². The van der Waals surface area contributed by atoms with Gasteiger partial charge in [0.1, 0.15) is 11.5 Å². The van der Waals surface area contributed by atoms with E-state index in [1.54, 1.807) is 37.0 Å². The number of fused-ring (bicyclic) bond motifs is 1. The molecule has 0 bridgehead atoms. The summed E-state index contributed by atoms with van der Waals surface area (Å²) in [6.07, 6.45) is 8.53. The van der Waals surface area contributed by atoms with Gasteiger partial charge in [0, 0.05) is 5.56 Å². The topological polar surface area (TPSA) is 93.3 Å². The maximum Gasteiger partial charge on any atom is 0.255 e. The maximum atomic E-state index is 12.6. The van der Waals surface area contributed by atoms with Gasteiger partial charge in [-0.05, 0) is 42.5 Å². The number of amides is 1. The highest BCUT2D eigenvalue weighted by molar-refractivity contribution is 6.05. The van der Waals surface area contributed by atoms with Crippen LogP contribution in [0.3, 0.4) is 0 Å². The lowest BCUT2D eigenvalue weighted by Gasteiger charge is -2.10. The zero-order valence-corrected chi connectivity index (χ0v) is 14.6. The molecule has 2 N–H and O–H groups in total. The third-order valence-corrected chi connectivity index (χ3v) is 4.14. The highest BCUT2D eigenvalue weighted by Crippen LogP contribution is 2.32. The summed E-state index contributed by atoms with van der Waals surface area (Å²) in [5, 5.41) is 10.9. The number of H-pyrrole nitrogens is 1. The Morgan fingerprint density at radius 2 is 2.19 bits per heavy atom. The number of aromatic nitrogens is 2. The molecule has 4 rings (SSSR count). The number of furan rings is 2. The van der Waals surface area contributed by atoms with E-state index in [9.17, 15) is 4.79 Å². The summed E-state index contributed by atoms with van der Waals surface area (Å²) in [7, 11) is 1.54. The zero-order chi connectivity index (χ0) is 18.6. The number of hydrogen-bond acceptors (Lipinski definition) is 5. The van der Waals surface area contributed by atoms with Crippen molar-refractivity contribution in [2.24, 2.45) is 0 Å². The fraction of sp³-hybridized carbons (Fsp3) is 0.100. The van der Waals surface area contributed by atoms with Crippen LogP contribution in [0, 0.1) is 0 Å². The first-order valence-electron chi connectivity index (χ1n) is 8.32. The summed E-state index contributed by atoms with van der Waals surface area (Å²) >= 11 is 0. The number of carbonyl (C=O) groups is 1. The molecule has 3 aromatic heterocycles. The van der Waals surface area contributed by atoms with Crippen molar-refractivity contribution in [3.63, 3.8) is 0 Å². The molecule has 27 heavy (non-hydrogen) atoms. The summed E-state index contributed by atoms with van der Waals surface area (Å²) in [6, 6.07) is 8.94. The summed E-state index contributed by atoms with van der Waals surface area (Å²) in [5.74, 6) is 0.886. The van der Waals surface area contributed by atoms with Gasteiger partial charge in [-0.3, -0.25) is 9.89 Å². The number of hydrogen-bond donors (Lipinski definition) is 2. The van der Waals surface area contributed by atoms with Crippen molar-refractivity contribution in [1.82, 2.24) is 15.5 Å². The lowest BCUT2D eigenvalue weighted by molar-refractivity contribution is 0.0945. The smallest absolute Gasteiger partial charge is 0.255 e. The molecule has 0 atom stereocenters. The van der Waals surface area contributed by atoms with Gasteiger partial charge in [-0.15, -0.1) is 0 Å². The second-order valence-electron chi connectivity index (χ2n) is 5.83. The van der Waals surface area contributed by atoms with Crippen molar-refractivity contribution in [3.8, 4) is 5.75 Å². The summed E-state index contributed by atoms with van der Waals surface area (Å²) in [5.41, 5.74) is 2.79. The van der Waals surface area contributed by atoms with Crippen LogP contribution in [0.2, 0.25) is 0 Å². The Morgan fingerprint density at radius 3 is 2.93 bits per heavy atom. The van der Waals surface area contributed by atoms with E-state index >= 15 is 0 Å². The molecule has 7 heteroatoms. The number of aromatic amines is 1. The Labute approximate surface area is 154 Å².